The quantitative estimate of drug-likeness (QED) is 0.179. The second-order valence-corrected chi connectivity index (χ2v) is 9.21. The van der Waals surface area contributed by atoms with Gasteiger partial charge in [0.05, 0.1) is 22.9 Å². The Morgan fingerprint density at radius 1 is 1.10 bits per heavy atom. The van der Waals surface area contributed by atoms with Gasteiger partial charge in [-0.3, -0.25) is 15.1 Å². The SMILES string of the molecule is O=[N+]([O-])c1ccc(-c2csc(=NC3CCCCC3)n2N=Cc2ccccc2I)cc1. The van der Waals surface area contributed by atoms with E-state index in [-0.39, 0.29) is 10.6 Å². The predicted molar refractivity (Wildman–Crippen MR) is 129 cm³/mol. The zero-order valence-electron chi connectivity index (χ0n) is 16.3. The van der Waals surface area contributed by atoms with Crippen molar-refractivity contribution >= 4 is 45.8 Å². The zero-order valence-corrected chi connectivity index (χ0v) is 19.3. The van der Waals surface area contributed by atoms with Crippen molar-refractivity contribution in [1.82, 2.24) is 4.68 Å². The average Bonchev–Trinajstić information content (AvgIpc) is 3.16. The minimum atomic E-state index is -0.384. The normalized spacial score (nSPS) is 15.7. The lowest BCUT2D eigenvalue weighted by molar-refractivity contribution is -0.384. The Kier molecular flexibility index (Phi) is 6.73. The number of halogens is 1. The Hall–Kier alpha value is -2.33. The second kappa shape index (κ2) is 9.65. The molecule has 154 valence electrons. The van der Waals surface area contributed by atoms with Crippen LogP contribution >= 0.6 is 33.9 Å². The maximum Gasteiger partial charge on any atom is 0.269 e. The van der Waals surface area contributed by atoms with Gasteiger partial charge in [-0.2, -0.15) is 5.10 Å². The van der Waals surface area contributed by atoms with Gasteiger partial charge in [0, 0.05) is 32.2 Å². The molecule has 0 amide bonds. The molecule has 1 aliphatic carbocycles. The number of hydrogen-bond donors (Lipinski definition) is 0. The molecule has 0 N–H and O–H groups in total. The van der Waals surface area contributed by atoms with E-state index < -0.39 is 0 Å². The van der Waals surface area contributed by atoms with Crippen molar-refractivity contribution in [2.75, 3.05) is 0 Å². The second-order valence-electron chi connectivity index (χ2n) is 7.21. The summed E-state index contributed by atoms with van der Waals surface area (Å²) in [6.07, 6.45) is 7.81. The largest absolute Gasteiger partial charge is 0.269 e. The van der Waals surface area contributed by atoms with E-state index >= 15 is 0 Å². The van der Waals surface area contributed by atoms with Crippen LogP contribution in [-0.4, -0.2) is 21.9 Å². The van der Waals surface area contributed by atoms with E-state index in [0.29, 0.717) is 6.04 Å². The van der Waals surface area contributed by atoms with Crippen LogP contribution < -0.4 is 4.80 Å². The molecule has 1 saturated carbocycles. The molecule has 1 aliphatic rings. The molecule has 30 heavy (non-hydrogen) atoms. The van der Waals surface area contributed by atoms with Crippen LogP contribution in [0.3, 0.4) is 0 Å². The number of aromatic nitrogens is 1. The number of rotatable bonds is 5. The van der Waals surface area contributed by atoms with E-state index in [1.54, 1.807) is 23.5 Å². The minimum Gasteiger partial charge on any atom is -0.258 e. The number of nitrogens with zero attached hydrogens (tertiary/aromatic N) is 4. The van der Waals surface area contributed by atoms with Crippen LogP contribution in [0.4, 0.5) is 5.69 Å². The molecule has 1 aromatic heterocycles. The molecule has 1 fully saturated rings. The standard InChI is InChI=1S/C22H21IN4O2S/c23-20-9-5-4-6-17(20)14-24-26-21(16-10-12-19(13-11-16)27(28)29)15-30-22(26)25-18-7-2-1-3-8-18/h4-6,9-15,18H,1-3,7-8H2. The summed E-state index contributed by atoms with van der Waals surface area (Å²) in [5.41, 5.74) is 2.87. The van der Waals surface area contributed by atoms with Gasteiger partial charge in [-0.1, -0.05) is 37.5 Å². The molecule has 4 rings (SSSR count). The van der Waals surface area contributed by atoms with E-state index in [1.807, 2.05) is 40.5 Å². The maximum absolute atomic E-state index is 11.0. The highest BCUT2D eigenvalue weighted by atomic mass is 127. The highest BCUT2D eigenvalue weighted by molar-refractivity contribution is 14.1. The van der Waals surface area contributed by atoms with E-state index in [9.17, 15) is 10.1 Å². The monoisotopic (exact) mass is 532 g/mol. The maximum atomic E-state index is 11.0. The lowest BCUT2D eigenvalue weighted by Gasteiger charge is -2.16. The van der Waals surface area contributed by atoms with Gasteiger partial charge >= 0.3 is 0 Å². The van der Waals surface area contributed by atoms with Crippen molar-refractivity contribution in [1.29, 1.82) is 0 Å². The Labute approximate surface area is 192 Å². The first kappa shape index (κ1) is 20.9. The topological polar surface area (TPSA) is 72.8 Å². The fourth-order valence-corrected chi connectivity index (χ4v) is 4.95. The highest BCUT2D eigenvalue weighted by Crippen LogP contribution is 2.24. The molecule has 3 aromatic rings. The molecular weight excluding hydrogens is 511 g/mol. The summed E-state index contributed by atoms with van der Waals surface area (Å²) in [5.74, 6) is 0. The number of thiazole rings is 1. The number of non-ortho nitro benzene ring substituents is 1. The minimum absolute atomic E-state index is 0.0787. The van der Waals surface area contributed by atoms with Crippen molar-refractivity contribution in [2.24, 2.45) is 10.1 Å². The molecule has 0 aliphatic heterocycles. The molecule has 0 saturated heterocycles. The molecule has 0 bridgehead atoms. The van der Waals surface area contributed by atoms with Crippen LogP contribution in [0.2, 0.25) is 0 Å². The van der Waals surface area contributed by atoms with Crippen molar-refractivity contribution in [3.63, 3.8) is 0 Å². The van der Waals surface area contributed by atoms with E-state index in [1.165, 1.54) is 31.4 Å². The summed E-state index contributed by atoms with van der Waals surface area (Å²) in [5, 5.41) is 17.8. The first-order valence-corrected chi connectivity index (χ1v) is 11.9. The van der Waals surface area contributed by atoms with Crippen molar-refractivity contribution in [3.8, 4) is 11.3 Å². The summed E-state index contributed by atoms with van der Waals surface area (Å²) < 4.78 is 2.99. The van der Waals surface area contributed by atoms with Gasteiger partial charge in [0.2, 0.25) is 4.80 Å². The van der Waals surface area contributed by atoms with Crippen molar-refractivity contribution in [2.45, 2.75) is 38.1 Å². The van der Waals surface area contributed by atoms with E-state index in [0.717, 1.165) is 38.0 Å². The summed E-state index contributed by atoms with van der Waals surface area (Å²) in [6.45, 7) is 0. The average molecular weight is 532 g/mol. The lowest BCUT2D eigenvalue weighted by atomic mass is 9.96. The van der Waals surface area contributed by atoms with Crippen LogP contribution in [0.5, 0.6) is 0 Å². The number of benzene rings is 2. The van der Waals surface area contributed by atoms with E-state index in [2.05, 4.69) is 22.6 Å². The Bertz CT molecular complexity index is 1130. The molecule has 8 heteroatoms. The Morgan fingerprint density at radius 2 is 1.83 bits per heavy atom. The van der Waals surface area contributed by atoms with Crippen molar-refractivity contribution in [3.05, 3.63) is 78.0 Å². The van der Waals surface area contributed by atoms with Gasteiger partial charge in [0.1, 0.15) is 0 Å². The lowest BCUT2D eigenvalue weighted by Crippen LogP contribution is -2.19. The van der Waals surface area contributed by atoms with Gasteiger partial charge in [-0.05, 0) is 53.6 Å². The molecule has 6 nitrogen and oxygen atoms in total. The summed E-state index contributed by atoms with van der Waals surface area (Å²) in [6, 6.07) is 15.0. The highest BCUT2D eigenvalue weighted by Gasteiger charge is 2.14. The van der Waals surface area contributed by atoms with Crippen LogP contribution in [0.15, 0.2) is 64.0 Å². The number of nitro benzene ring substituents is 1. The number of nitro groups is 1. The third-order valence-electron chi connectivity index (χ3n) is 5.14. The molecular formula is C22H21IN4O2S. The Balaban J connectivity index is 1.77. The van der Waals surface area contributed by atoms with Gasteiger partial charge in [0.25, 0.3) is 5.69 Å². The van der Waals surface area contributed by atoms with Gasteiger partial charge in [-0.15, -0.1) is 11.3 Å². The van der Waals surface area contributed by atoms with Crippen LogP contribution in [0.25, 0.3) is 11.3 Å². The zero-order chi connectivity index (χ0) is 20.9. The molecule has 0 atom stereocenters. The first-order valence-electron chi connectivity index (χ1n) is 9.90. The number of hydrogen-bond acceptors (Lipinski definition) is 5. The summed E-state index contributed by atoms with van der Waals surface area (Å²) >= 11 is 3.86. The summed E-state index contributed by atoms with van der Waals surface area (Å²) in [7, 11) is 0. The van der Waals surface area contributed by atoms with Crippen LogP contribution in [0.1, 0.15) is 37.7 Å². The van der Waals surface area contributed by atoms with E-state index in [4.69, 9.17) is 10.1 Å². The summed E-state index contributed by atoms with van der Waals surface area (Å²) in [4.78, 5) is 16.5. The fourth-order valence-electron chi connectivity index (χ4n) is 3.52. The molecule has 2 aromatic carbocycles. The molecule has 1 heterocycles. The molecule has 0 unspecified atom stereocenters. The van der Waals surface area contributed by atoms with Gasteiger partial charge in [0.15, 0.2) is 0 Å². The van der Waals surface area contributed by atoms with Crippen LogP contribution in [-0.2, 0) is 0 Å². The predicted octanol–water partition coefficient (Wildman–Crippen LogP) is 5.85. The molecule has 0 spiro atoms. The molecule has 0 radical (unpaired) electrons. The van der Waals surface area contributed by atoms with Gasteiger partial charge < -0.3 is 0 Å². The van der Waals surface area contributed by atoms with Crippen molar-refractivity contribution < 1.29 is 4.92 Å². The third kappa shape index (κ3) is 4.86. The first-order chi connectivity index (χ1) is 14.6. The van der Waals surface area contributed by atoms with Gasteiger partial charge in [-0.25, -0.2) is 4.68 Å². The Morgan fingerprint density at radius 3 is 2.53 bits per heavy atom. The third-order valence-corrected chi connectivity index (χ3v) is 6.96. The van der Waals surface area contributed by atoms with Crippen LogP contribution in [0, 0.1) is 13.7 Å². The smallest absolute Gasteiger partial charge is 0.258 e. The fraction of sp³-hybridized carbons (Fsp3) is 0.273.